The maximum Gasteiger partial charge on any atom is 0.392 e. The summed E-state index contributed by atoms with van der Waals surface area (Å²) in [5.74, 6) is -0.118. The average molecular weight is 514 g/mol. The Kier molecular flexibility index (Phi) is 8.30. The normalized spacial score (nSPS) is 12.1. The molecule has 0 aliphatic carbocycles. The summed E-state index contributed by atoms with van der Waals surface area (Å²) in [6.45, 7) is 1.81. The van der Waals surface area contributed by atoms with Crippen LogP contribution in [-0.4, -0.2) is 65.4 Å². The van der Waals surface area contributed by atoms with E-state index in [4.69, 9.17) is 4.74 Å². The molecule has 3 rings (SSSR count). The molecule has 13 heteroatoms. The topological polar surface area (TPSA) is 116 Å². The van der Waals surface area contributed by atoms with Crippen LogP contribution in [0.1, 0.15) is 29.7 Å². The smallest absolute Gasteiger partial charge is 0.392 e. The maximum absolute atomic E-state index is 12.3. The summed E-state index contributed by atoms with van der Waals surface area (Å²) in [5, 5.41) is 7.90. The number of amides is 1. The van der Waals surface area contributed by atoms with Gasteiger partial charge in [0.25, 0.3) is 0 Å². The molecule has 3 aromatic heterocycles. The molecular weight excluding hydrogens is 487 g/mol. The molecular formula is C22H26F3N5O4S. The minimum atomic E-state index is -4.29. The van der Waals surface area contributed by atoms with Crippen LogP contribution in [0, 0.1) is 6.92 Å². The van der Waals surface area contributed by atoms with E-state index in [0.717, 1.165) is 11.8 Å². The molecule has 0 saturated heterocycles. The van der Waals surface area contributed by atoms with Gasteiger partial charge in [0, 0.05) is 42.3 Å². The highest BCUT2D eigenvalue weighted by Crippen LogP contribution is 2.22. The summed E-state index contributed by atoms with van der Waals surface area (Å²) in [6, 6.07) is 3.49. The summed E-state index contributed by atoms with van der Waals surface area (Å²) in [5.41, 5.74) is 2.57. The van der Waals surface area contributed by atoms with Crippen LogP contribution in [-0.2, 0) is 27.6 Å². The largest absolute Gasteiger partial charge is 0.477 e. The van der Waals surface area contributed by atoms with Gasteiger partial charge < -0.3 is 10.1 Å². The molecule has 0 saturated carbocycles. The van der Waals surface area contributed by atoms with Gasteiger partial charge in [0.2, 0.25) is 11.8 Å². The summed E-state index contributed by atoms with van der Waals surface area (Å²) in [4.78, 5) is 20.7. The number of aryl methyl sites for hydroxylation is 1. The van der Waals surface area contributed by atoms with Crippen molar-refractivity contribution in [1.29, 1.82) is 0 Å². The Bertz CT molecular complexity index is 1290. The van der Waals surface area contributed by atoms with E-state index >= 15 is 0 Å². The molecule has 3 heterocycles. The zero-order valence-corrected chi connectivity index (χ0v) is 20.1. The Morgan fingerprint density at radius 3 is 2.71 bits per heavy atom. The molecule has 1 amide bonds. The van der Waals surface area contributed by atoms with Crippen molar-refractivity contribution in [1.82, 2.24) is 25.1 Å². The number of carbonyl (C=O) groups is 1. The standard InChI is InChI=1S/C22H26F3N5O4S/c1-15-10-16(12-28-21(15)34-8-5-22(23,24)25)13-30-14-17-18(29-30)4-7-26-19(17)11-20(31)27-6-3-9-35(2,32)33/h4,7,10,12,14H,3,5-6,8-9,11,13H2,1-2H3,(H,27,31). The van der Waals surface area contributed by atoms with E-state index in [1.54, 1.807) is 36.1 Å². The van der Waals surface area contributed by atoms with E-state index in [0.29, 0.717) is 35.1 Å². The number of nitrogens with zero attached hydrogens (tertiary/aromatic N) is 4. The second-order valence-corrected chi connectivity index (χ2v) is 10.5. The third-order valence-electron chi connectivity index (χ3n) is 4.96. The van der Waals surface area contributed by atoms with Crippen LogP contribution in [0.2, 0.25) is 0 Å². The van der Waals surface area contributed by atoms with Gasteiger partial charge in [-0.3, -0.25) is 14.5 Å². The highest BCUT2D eigenvalue weighted by Gasteiger charge is 2.27. The number of hydrogen-bond donors (Lipinski definition) is 1. The van der Waals surface area contributed by atoms with Crippen molar-refractivity contribution in [2.75, 3.05) is 25.2 Å². The molecule has 9 nitrogen and oxygen atoms in total. The Morgan fingerprint density at radius 2 is 2.03 bits per heavy atom. The van der Waals surface area contributed by atoms with Crippen molar-refractivity contribution >= 4 is 26.6 Å². The van der Waals surface area contributed by atoms with E-state index in [-0.39, 0.29) is 30.5 Å². The quantitative estimate of drug-likeness (QED) is 0.392. The monoisotopic (exact) mass is 513 g/mol. The number of aromatic nitrogens is 4. The highest BCUT2D eigenvalue weighted by molar-refractivity contribution is 7.90. The Morgan fingerprint density at radius 1 is 1.26 bits per heavy atom. The van der Waals surface area contributed by atoms with Crippen molar-refractivity contribution in [2.45, 2.75) is 38.9 Å². The predicted molar refractivity (Wildman–Crippen MR) is 123 cm³/mol. The first-order valence-electron chi connectivity index (χ1n) is 10.8. The van der Waals surface area contributed by atoms with Crippen LogP contribution in [0.15, 0.2) is 30.7 Å². The van der Waals surface area contributed by atoms with E-state index in [1.165, 1.54) is 6.20 Å². The number of rotatable bonds is 11. The number of carbonyl (C=O) groups excluding carboxylic acids is 1. The molecule has 0 fully saturated rings. The van der Waals surface area contributed by atoms with Gasteiger partial charge in [-0.15, -0.1) is 0 Å². The van der Waals surface area contributed by atoms with Gasteiger partial charge in [0.15, 0.2) is 0 Å². The minimum absolute atomic E-state index is 0.00285. The maximum atomic E-state index is 12.3. The fourth-order valence-electron chi connectivity index (χ4n) is 3.36. The zero-order chi connectivity index (χ0) is 25.6. The highest BCUT2D eigenvalue weighted by atomic mass is 32.2. The van der Waals surface area contributed by atoms with Crippen molar-refractivity contribution in [2.24, 2.45) is 0 Å². The number of alkyl halides is 3. The number of hydrogen-bond acceptors (Lipinski definition) is 7. The molecule has 190 valence electrons. The molecule has 0 atom stereocenters. The number of fused-ring (bicyclic) bond motifs is 1. The lowest BCUT2D eigenvalue weighted by molar-refractivity contribution is -0.139. The van der Waals surface area contributed by atoms with Crippen molar-refractivity contribution in [3.63, 3.8) is 0 Å². The van der Waals surface area contributed by atoms with Crippen LogP contribution in [0.5, 0.6) is 5.88 Å². The summed E-state index contributed by atoms with van der Waals surface area (Å²) in [7, 11) is -3.07. The van der Waals surface area contributed by atoms with Gasteiger partial charge in [-0.25, -0.2) is 13.4 Å². The first-order chi connectivity index (χ1) is 16.4. The van der Waals surface area contributed by atoms with Crippen molar-refractivity contribution < 1.29 is 31.1 Å². The second-order valence-electron chi connectivity index (χ2n) is 8.21. The Hall–Kier alpha value is -3.22. The first kappa shape index (κ1) is 26.4. The van der Waals surface area contributed by atoms with Gasteiger partial charge in [0.05, 0.1) is 43.0 Å². The Balaban J connectivity index is 1.62. The first-order valence-corrected chi connectivity index (χ1v) is 12.9. The lowest BCUT2D eigenvalue weighted by Crippen LogP contribution is -2.27. The van der Waals surface area contributed by atoms with E-state index in [2.05, 4.69) is 20.4 Å². The van der Waals surface area contributed by atoms with Crippen LogP contribution in [0.25, 0.3) is 10.9 Å². The van der Waals surface area contributed by atoms with Gasteiger partial charge in [-0.05, 0) is 31.0 Å². The summed E-state index contributed by atoms with van der Waals surface area (Å²) < 4.78 is 66.1. The van der Waals surface area contributed by atoms with Gasteiger partial charge in [-0.1, -0.05) is 0 Å². The van der Waals surface area contributed by atoms with E-state index in [9.17, 15) is 26.4 Å². The number of sulfone groups is 1. The van der Waals surface area contributed by atoms with Crippen LogP contribution in [0.3, 0.4) is 0 Å². The Labute approximate surface area is 200 Å². The lowest BCUT2D eigenvalue weighted by atomic mass is 10.2. The molecule has 3 aromatic rings. The molecule has 0 aromatic carbocycles. The second kappa shape index (κ2) is 11.0. The third-order valence-corrected chi connectivity index (χ3v) is 5.99. The van der Waals surface area contributed by atoms with E-state index in [1.807, 2.05) is 0 Å². The van der Waals surface area contributed by atoms with Gasteiger partial charge in [0.1, 0.15) is 9.84 Å². The van der Waals surface area contributed by atoms with Crippen molar-refractivity contribution in [3.05, 3.63) is 47.5 Å². The van der Waals surface area contributed by atoms with Crippen molar-refractivity contribution in [3.8, 4) is 5.88 Å². The number of nitrogens with one attached hydrogen (secondary N) is 1. The molecule has 1 N–H and O–H groups in total. The summed E-state index contributed by atoms with van der Waals surface area (Å²) >= 11 is 0. The molecule has 0 radical (unpaired) electrons. The molecule has 0 bridgehead atoms. The van der Waals surface area contributed by atoms with Gasteiger partial charge in [-0.2, -0.15) is 18.3 Å². The fourth-order valence-corrected chi connectivity index (χ4v) is 4.02. The van der Waals surface area contributed by atoms with Gasteiger partial charge >= 0.3 is 6.18 Å². The number of halogens is 3. The molecule has 0 aliphatic heterocycles. The minimum Gasteiger partial charge on any atom is -0.477 e. The van der Waals surface area contributed by atoms with Crippen LogP contribution >= 0.6 is 0 Å². The third kappa shape index (κ3) is 8.50. The average Bonchev–Trinajstić information content (AvgIpc) is 3.15. The molecule has 0 unspecified atom stereocenters. The number of ether oxygens (including phenoxy) is 1. The fraction of sp³-hybridized carbons (Fsp3) is 0.455. The molecule has 0 aliphatic rings. The molecule has 35 heavy (non-hydrogen) atoms. The SMILES string of the molecule is Cc1cc(Cn2cc3c(CC(=O)NCCCS(C)(=O)=O)nccc3n2)cnc1OCCC(F)(F)F. The molecule has 0 spiro atoms. The van der Waals surface area contributed by atoms with Crippen LogP contribution in [0.4, 0.5) is 13.2 Å². The predicted octanol–water partition coefficient (Wildman–Crippen LogP) is 2.61. The number of pyridine rings is 2. The lowest BCUT2D eigenvalue weighted by Gasteiger charge is -2.11. The summed E-state index contributed by atoms with van der Waals surface area (Å²) in [6.07, 6.45) is 1.00. The van der Waals surface area contributed by atoms with Crippen LogP contribution < -0.4 is 10.1 Å². The van der Waals surface area contributed by atoms with E-state index < -0.39 is 29.0 Å². The zero-order valence-electron chi connectivity index (χ0n) is 19.3.